The molecule has 0 spiro atoms. The summed E-state index contributed by atoms with van der Waals surface area (Å²) in [6.45, 7) is 9.07. The van der Waals surface area contributed by atoms with Gasteiger partial charge in [0.15, 0.2) is 6.29 Å². The minimum atomic E-state index is -1.94. The van der Waals surface area contributed by atoms with E-state index in [0.717, 1.165) is 25.7 Å². The first-order chi connectivity index (χ1) is 15.0. The number of ether oxygens (including phenoxy) is 2. The molecule has 10 unspecified atom stereocenters. The van der Waals surface area contributed by atoms with E-state index in [9.17, 15) is 20.4 Å². The fourth-order valence-electron chi connectivity index (χ4n) is 8.54. The molecule has 6 rings (SSSR count). The van der Waals surface area contributed by atoms with Crippen LogP contribution in [0, 0.1) is 28.6 Å². The second kappa shape index (κ2) is 6.46. The average molecular weight is 447 g/mol. The van der Waals surface area contributed by atoms with Crippen LogP contribution in [-0.4, -0.2) is 62.8 Å². The van der Waals surface area contributed by atoms with Gasteiger partial charge in [0.1, 0.15) is 23.4 Å². The molecule has 4 N–H and O–H groups in total. The zero-order chi connectivity index (χ0) is 22.8. The third kappa shape index (κ3) is 2.42. The molecule has 0 radical (unpaired) electrons. The SMILES string of the molecule is CC(C)C1=C2C3CC=C4C5CC6(O)C(OCC(O)(C4O)C6O)OC5C3(C)CCC2(C)CC1. The summed E-state index contributed by atoms with van der Waals surface area (Å²) in [7, 11) is 0. The molecule has 32 heavy (non-hydrogen) atoms. The van der Waals surface area contributed by atoms with Crippen LogP contribution in [-0.2, 0) is 9.47 Å². The lowest BCUT2D eigenvalue weighted by Gasteiger charge is -2.58. The highest BCUT2D eigenvalue weighted by Gasteiger charge is 2.71. The minimum Gasteiger partial charge on any atom is -0.387 e. The van der Waals surface area contributed by atoms with E-state index in [1.54, 1.807) is 11.1 Å². The molecule has 3 bridgehead atoms. The van der Waals surface area contributed by atoms with Gasteiger partial charge in [-0.1, -0.05) is 44.9 Å². The smallest absolute Gasteiger partial charge is 0.189 e. The normalized spacial score (nSPS) is 56.5. The van der Waals surface area contributed by atoms with Gasteiger partial charge in [-0.05, 0) is 61.3 Å². The highest BCUT2D eigenvalue weighted by Crippen LogP contribution is 2.66. The van der Waals surface area contributed by atoms with Crippen molar-refractivity contribution >= 4 is 0 Å². The van der Waals surface area contributed by atoms with Crippen LogP contribution in [0.15, 0.2) is 22.8 Å². The molecule has 2 saturated heterocycles. The van der Waals surface area contributed by atoms with Crippen LogP contribution in [0.3, 0.4) is 0 Å². The van der Waals surface area contributed by atoms with Gasteiger partial charge in [0.25, 0.3) is 0 Å². The molecule has 2 saturated carbocycles. The number of aliphatic hydroxyl groups is 4. The van der Waals surface area contributed by atoms with Crippen LogP contribution < -0.4 is 0 Å². The largest absolute Gasteiger partial charge is 0.387 e. The lowest BCUT2D eigenvalue weighted by molar-refractivity contribution is -0.380. The molecule has 2 heterocycles. The number of allylic oxidation sites excluding steroid dienone is 3. The number of rotatable bonds is 1. The summed E-state index contributed by atoms with van der Waals surface area (Å²) >= 11 is 0. The Labute approximate surface area is 190 Å². The van der Waals surface area contributed by atoms with E-state index < -0.39 is 29.7 Å². The molecule has 0 aromatic rings. The Kier molecular flexibility index (Phi) is 4.39. The molecule has 10 atom stereocenters. The second-order valence-corrected chi connectivity index (χ2v) is 12.5. The number of hydrogen-bond acceptors (Lipinski definition) is 6. The van der Waals surface area contributed by atoms with E-state index in [-0.39, 0.29) is 35.9 Å². The van der Waals surface area contributed by atoms with Crippen LogP contribution in [0.2, 0.25) is 0 Å². The Morgan fingerprint density at radius 3 is 2.53 bits per heavy atom. The Hall–Kier alpha value is -0.760. The van der Waals surface area contributed by atoms with Crippen molar-refractivity contribution in [1.29, 1.82) is 0 Å². The molecule has 0 aromatic carbocycles. The summed E-state index contributed by atoms with van der Waals surface area (Å²) in [6, 6.07) is 0. The summed E-state index contributed by atoms with van der Waals surface area (Å²) in [5.41, 5.74) is 0.250. The van der Waals surface area contributed by atoms with Crippen LogP contribution in [0.4, 0.5) is 0 Å². The van der Waals surface area contributed by atoms with Gasteiger partial charge in [-0.25, -0.2) is 0 Å². The first kappa shape index (κ1) is 21.8. The molecule has 6 heteroatoms. The standard InChI is InChI=1S/C26H38O6/c1-13(2)14-7-8-23(3)9-10-24(4)17(18(14)23)6-5-15-16-11-25(29)21(28)26(30,19(15)27)12-31-22(25)32-20(16)24/h5,13,16-17,19-22,27-30H,6-12H2,1-4H3. The highest BCUT2D eigenvalue weighted by molar-refractivity contribution is 5.39. The average Bonchev–Trinajstić information content (AvgIpc) is 3.05. The minimum absolute atomic E-state index is 0.178. The zero-order valence-electron chi connectivity index (χ0n) is 19.7. The van der Waals surface area contributed by atoms with Gasteiger partial charge in [0.05, 0.1) is 12.7 Å². The lowest BCUT2D eigenvalue weighted by Crippen LogP contribution is -2.73. The Morgan fingerprint density at radius 1 is 1.06 bits per heavy atom. The molecular formula is C26H38O6. The van der Waals surface area contributed by atoms with Crippen molar-refractivity contribution in [3.63, 3.8) is 0 Å². The van der Waals surface area contributed by atoms with E-state index in [4.69, 9.17) is 9.47 Å². The fourth-order valence-corrected chi connectivity index (χ4v) is 8.54. The van der Waals surface area contributed by atoms with E-state index in [0.29, 0.717) is 17.4 Å². The van der Waals surface area contributed by atoms with Crippen molar-refractivity contribution in [2.24, 2.45) is 28.6 Å². The van der Waals surface area contributed by atoms with Gasteiger partial charge in [-0.3, -0.25) is 0 Å². The topological polar surface area (TPSA) is 99.4 Å². The molecular weight excluding hydrogens is 408 g/mol. The number of hydrogen-bond donors (Lipinski definition) is 4. The van der Waals surface area contributed by atoms with Crippen molar-refractivity contribution < 1.29 is 29.9 Å². The first-order valence-corrected chi connectivity index (χ1v) is 12.5. The van der Waals surface area contributed by atoms with Crippen LogP contribution >= 0.6 is 0 Å². The van der Waals surface area contributed by atoms with E-state index in [1.807, 2.05) is 0 Å². The molecule has 6 nitrogen and oxygen atoms in total. The van der Waals surface area contributed by atoms with Gasteiger partial charge in [0, 0.05) is 11.3 Å². The quantitative estimate of drug-likeness (QED) is 0.462. The van der Waals surface area contributed by atoms with E-state index >= 15 is 0 Å². The maximum Gasteiger partial charge on any atom is 0.189 e. The molecule has 4 aliphatic carbocycles. The predicted octanol–water partition coefficient (Wildman–Crippen LogP) is 2.44. The van der Waals surface area contributed by atoms with Crippen molar-refractivity contribution in [3.05, 3.63) is 22.8 Å². The molecule has 0 amide bonds. The van der Waals surface area contributed by atoms with Gasteiger partial charge >= 0.3 is 0 Å². The Bertz CT molecular complexity index is 910. The monoisotopic (exact) mass is 446 g/mol. The van der Waals surface area contributed by atoms with Crippen molar-refractivity contribution in [2.75, 3.05) is 6.61 Å². The summed E-state index contributed by atoms with van der Waals surface area (Å²) in [6.07, 6.45) is 3.52. The number of aliphatic hydroxyl groups excluding tert-OH is 2. The van der Waals surface area contributed by atoms with E-state index in [1.165, 1.54) is 6.42 Å². The van der Waals surface area contributed by atoms with Gasteiger partial charge in [-0.15, -0.1) is 0 Å². The molecule has 2 aliphatic heterocycles. The third-order valence-corrected chi connectivity index (χ3v) is 10.5. The summed E-state index contributed by atoms with van der Waals surface area (Å²) in [5.74, 6) is 0.538. The Morgan fingerprint density at radius 2 is 1.81 bits per heavy atom. The molecule has 178 valence electrons. The summed E-state index contributed by atoms with van der Waals surface area (Å²) in [5, 5.41) is 45.1. The summed E-state index contributed by atoms with van der Waals surface area (Å²) in [4.78, 5) is 0. The maximum absolute atomic E-state index is 11.4. The van der Waals surface area contributed by atoms with Crippen molar-refractivity contribution in [2.45, 2.75) is 102 Å². The molecule has 4 fully saturated rings. The van der Waals surface area contributed by atoms with Crippen LogP contribution in [0.1, 0.15) is 66.2 Å². The number of fused-ring (bicyclic) bond motifs is 5. The third-order valence-electron chi connectivity index (χ3n) is 10.5. The molecule has 0 aromatic heterocycles. The van der Waals surface area contributed by atoms with Crippen molar-refractivity contribution in [1.82, 2.24) is 0 Å². The second-order valence-electron chi connectivity index (χ2n) is 12.5. The van der Waals surface area contributed by atoms with E-state index in [2.05, 4.69) is 33.8 Å². The fraction of sp³-hybridized carbons (Fsp3) is 0.846. The molecule has 6 aliphatic rings. The summed E-state index contributed by atoms with van der Waals surface area (Å²) < 4.78 is 12.4. The highest BCUT2D eigenvalue weighted by atomic mass is 16.7. The predicted molar refractivity (Wildman–Crippen MR) is 117 cm³/mol. The van der Waals surface area contributed by atoms with Crippen molar-refractivity contribution in [3.8, 4) is 0 Å². The Balaban J connectivity index is 1.54. The van der Waals surface area contributed by atoms with Gasteiger partial charge < -0.3 is 29.9 Å². The van der Waals surface area contributed by atoms with Gasteiger partial charge in [0.2, 0.25) is 0 Å². The van der Waals surface area contributed by atoms with Crippen LogP contribution in [0.25, 0.3) is 0 Å². The first-order valence-electron chi connectivity index (χ1n) is 12.5. The maximum atomic E-state index is 11.4. The van der Waals surface area contributed by atoms with Gasteiger partial charge in [-0.2, -0.15) is 0 Å². The van der Waals surface area contributed by atoms with Crippen LogP contribution in [0.5, 0.6) is 0 Å². The zero-order valence-corrected chi connectivity index (χ0v) is 19.7. The lowest BCUT2D eigenvalue weighted by atomic mass is 9.52.